The number of hydrogen-bond acceptors (Lipinski definition) is 3. The Hall–Kier alpha value is -1.75. The molecule has 1 aliphatic carbocycles. The minimum Gasteiger partial charge on any atom is -0.352 e. The SMILES string of the molecule is CC(SCc1ccn(-c2ccccc2)n1)C(=O)NC1CC1. The highest BCUT2D eigenvalue weighted by Gasteiger charge is 2.25. The topological polar surface area (TPSA) is 46.9 Å². The van der Waals surface area contributed by atoms with E-state index >= 15 is 0 Å². The Labute approximate surface area is 128 Å². The minimum atomic E-state index is -0.0347. The Kier molecular flexibility index (Phi) is 4.29. The number of carbonyl (C=O) groups is 1. The first-order valence-corrected chi connectivity index (χ1v) is 8.29. The fraction of sp³-hybridized carbons (Fsp3) is 0.375. The summed E-state index contributed by atoms with van der Waals surface area (Å²) in [6, 6.07) is 12.5. The molecule has 5 heteroatoms. The van der Waals surface area contributed by atoms with Crippen molar-refractivity contribution < 1.29 is 4.79 Å². The van der Waals surface area contributed by atoms with Gasteiger partial charge in [-0.1, -0.05) is 18.2 Å². The van der Waals surface area contributed by atoms with Crippen molar-refractivity contribution in [2.24, 2.45) is 0 Å². The molecule has 1 aromatic carbocycles. The third-order valence-corrected chi connectivity index (χ3v) is 4.62. The van der Waals surface area contributed by atoms with Gasteiger partial charge in [0.1, 0.15) is 0 Å². The summed E-state index contributed by atoms with van der Waals surface area (Å²) in [6.45, 7) is 1.95. The Morgan fingerprint density at radius 2 is 2.14 bits per heavy atom. The molecule has 0 aliphatic heterocycles. The van der Waals surface area contributed by atoms with E-state index in [-0.39, 0.29) is 11.2 Å². The fourth-order valence-electron chi connectivity index (χ4n) is 2.00. The van der Waals surface area contributed by atoms with Crippen molar-refractivity contribution in [3.8, 4) is 5.69 Å². The molecular formula is C16H19N3OS. The molecule has 3 rings (SSSR count). The van der Waals surface area contributed by atoms with Gasteiger partial charge >= 0.3 is 0 Å². The van der Waals surface area contributed by atoms with Crippen LogP contribution in [-0.4, -0.2) is 27.0 Å². The highest BCUT2D eigenvalue weighted by atomic mass is 32.2. The molecule has 110 valence electrons. The third-order valence-electron chi connectivity index (χ3n) is 3.44. The van der Waals surface area contributed by atoms with Gasteiger partial charge in [-0.3, -0.25) is 4.79 Å². The number of amides is 1. The van der Waals surface area contributed by atoms with Crippen molar-refractivity contribution in [2.75, 3.05) is 0 Å². The molecule has 1 aliphatic rings. The van der Waals surface area contributed by atoms with E-state index in [1.807, 2.05) is 54.2 Å². The van der Waals surface area contributed by atoms with Gasteiger partial charge in [0.15, 0.2) is 0 Å². The first kappa shape index (κ1) is 14.2. The summed E-state index contributed by atoms with van der Waals surface area (Å²) >= 11 is 1.63. The average molecular weight is 301 g/mol. The molecule has 21 heavy (non-hydrogen) atoms. The number of rotatable bonds is 6. The maximum atomic E-state index is 11.9. The zero-order valence-electron chi connectivity index (χ0n) is 12.0. The molecule has 4 nitrogen and oxygen atoms in total. The van der Waals surface area contributed by atoms with Crippen molar-refractivity contribution in [2.45, 2.75) is 36.8 Å². The lowest BCUT2D eigenvalue weighted by Gasteiger charge is -2.10. The number of hydrogen-bond donors (Lipinski definition) is 1. The van der Waals surface area contributed by atoms with Crippen LogP contribution in [0.5, 0.6) is 0 Å². The lowest BCUT2D eigenvalue weighted by molar-refractivity contribution is -0.120. The molecule has 0 radical (unpaired) electrons. The van der Waals surface area contributed by atoms with Crippen molar-refractivity contribution in [3.05, 3.63) is 48.3 Å². The van der Waals surface area contributed by atoms with Gasteiger partial charge in [0, 0.05) is 18.0 Å². The largest absolute Gasteiger partial charge is 0.352 e. The van der Waals surface area contributed by atoms with Gasteiger partial charge < -0.3 is 5.32 Å². The summed E-state index contributed by atoms with van der Waals surface area (Å²) in [5.74, 6) is 0.893. The van der Waals surface area contributed by atoms with E-state index in [0.717, 1.165) is 30.0 Å². The van der Waals surface area contributed by atoms with Gasteiger partial charge in [-0.2, -0.15) is 5.10 Å². The second kappa shape index (κ2) is 6.35. The van der Waals surface area contributed by atoms with Crippen LogP contribution >= 0.6 is 11.8 Å². The summed E-state index contributed by atoms with van der Waals surface area (Å²) < 4.78 is 1.87. The summed E-state index contributed by atoms with van der Waals surface area (Å²) in [4.78, 5) is 11.9. The third kappa shape index (κ3) is 3.88. The number of para-hydroxylation sites is 1. The van der Waals surface area contributed by atoms with E-state index in [4.69, 9.17) is 0 Å². The minimum absolute atomic E-state index is 0.0347. The normalized spacial score (nSPS) is 15.7. The van der Waals surface area contributed by atoms with Gasteiger partial charge in [-0.25, -0.2) is 4.68 Å². The zero-order chi connectivity index (χ0) is 14.7. The molecule has 1 amide bonds. The lowest BCUT2D eigenvalue weighted by Crippen LogP contribution is -2.32. The Morgan fingerprint density at radius 1 is 1.38 bits per heavy atom. The van der Waals surface area contributed by atoms with Crippen molar-refractivity contribution in [1.82, 2.24) is 15.1 Å². The van der Waals surface area contributed by atoms with E-state index < -0.39 is 0 Å². The van der Waals surface area contributed by atoms with Crippen LogP contribution in [0.15, 0.2) is 42.6 Å². The number of aromatic nitrogens is 2. The maximum Gasteiger partial charge on any atom is 0.233 e. The van der Waals surface area contributed by atoms with E-state index in [1.54, 1.807) is 11.8 Å². The number of nitrogens with zero attached hydrogens (tertiary/aromatic N) is 2. The number of thioether (sulfide) groups is 1. The maximum absolute atomic E-state index is 11.9. The summed E-state index contributed by atoms with van der Waals surface area (Å²) in [7, 11) is 0. The van der Waals surface area contributed by atoms with Crippen LogP contribution in [0.2, 0.25) is 0 Å². The smallest absolute Gasteiger partial charge is 0.233 e. The summed E-state index contributed by atoms with van der Waals surface area (Å²) in [5, 5.41) is 7.55. The van der Waals surface area contributed by atoms with Crippen LogP contribution in [0, 0.1) is 0 Å². The van der Waals surface area contributed by atoms with Crippen LogP contribution in [0.3, 0.4) is 0 Å². The van der Waals surface area contributed by atoms with E-state index in [2.05, 4.69) is 10.4 Å². The molecule has 1 heterocycles. The molecule has 1 N–H and O–H groups in total. The van der Waals surface area contributed by atoms with Crippen LogP contribution in [0.4, 0.5) is 0 Å². The quantitative estimate of drug-likeness (QED) is 0.892. The first-order chi connectivity index (χ1) is 10.2. The molecule has 0 bridgehead atoms. The summed E-state index contributed by atoms with van der Waals surface area (Å²) in [5.41, 5.74) is 2.04. The Morgan fingerprint density at radius 3 is 2.86 bits per heavy atom. The number of nitrogens with one attached hydrogen (secondary N) is 1. The van der Waals surface area contributed by atoms with Crippen LogP contribution in [0.25, 0.3) is 5.69 Å². The van der Waals surface area contributed by atoms with Crippen LogP contribution in [0.1, 0.15) is 25.5 Å². The molecule has 2 aromatic rings. The standard InChI is InChI=1S/C16H19N3OS/c1-12(16(20)17-13-7-8-13)21-11-14-9-10-19(18-14)15-5-3-2-4-6-15/h2-6,9-10,12-13H,7-8,11H2,1H3,(H,17,20). The van der Waals surface area contributed by atoms with Gasteiger partial charge in [-0.05, 0) is 38.0 Å². The zero-order valence-corrected chi connectivity index (χ0v) is 12.8. The molecule has 0 saturated heterocycles. The highest BCUT2D eigenvalue weighted by Crippen LogP contribution is 2.22. The second-order valence-corrected chi connectivity index (χ2v) is 6.65. The van der Waals surface area contributed by atoms with E-state index in [1.165, 1.54) is 0 Å². The number of benzene rings is 1. The molecule has 1 fully saturated rings. The van der Waals surface area contributed by atoms with Crippen molar-refractivity contribution in [3.63, 3.8) is 0 Å². The van der Waals surface area contributed by atoms with Gasteiger partial charge in [-0.15, -0.1) is 11.8 Å². The fourth-order valence-corrected chi connectivity index (χ4v) is 2.79. The van der Waals surface area contributed by atoms with Crippen molar-refractivity contribution >= 4 is 17.7 Å². The van der Waals surface area contributed by atoms with Gasteiger partial charge in [0.05, 0.1) is 16.6 Å². The van der Waals surface area contributed by atoms with Gasteiger partial charge in [0.2, 0.25) is 5.91 Å². The molecular weight excluding hydrogens is 282 g/mol. The molecule has 1 aromatic heterocycles. The molecule has 0 spiro atoms. The van der Waals surface area contributed by atoms with Gasteiger partial charge in [0.25, 0.3) is 0 Å². The van der Waals surface area contributed by atoms with Crippen LogP contribution in [-0.2, 0) is 10.5 Å². The Bertz CT molecular complexity index is 607. The molecule has 1 saturated carbocycles. The average Bonchev–Trinajstić information content (AvgIpc) is 3.20. The van der Waals surface area contributed by atoms with E-state index in [0.29, 0.717) is 6.04 Å². The predicted octanol–water partition coefficient (Wildman–Crippen LogP) is 2.77. The van der Waals surface area contributed by atoms with Crippen molar-refractivity contribution in [1.29, 1.82) is 0 Å². The van der Waals surface area contributed by atoms with Crippen LogP contribution < -0.4 is 5.32 Å². The lowest BCUT2D eigenvalue weighted by atomic mass is 10.3. The Balaban J connectivity index is 1.53. The number of carbonyl (C=O) groups excluding carboxylic acids is 1. The second-order valence-electron chi connectivity index (χ2n) is 5.32. The predicted molar refractivity (Wildman–Crippen MR) is 85.5 cm³/mol. The summed E-state index contributed by atoms with van der Waals surface area (Å²) in [6.07, 6.45) is 4.22. The first-order valence-electron chi connectivity index (χ1n) is 7.24. The highest BCUT2D eigenvalue weighted by molar-refractivity contribution is 7.99. The van der Waals surface area contributed by atoms with E-state index in [9.17, 15) is 4.79 Å². The molecule has 1 atom stereocenters. The monoisotopic (exact) mass is 301 g/mol. The molecule has 1 unspecified atom stereocenters.